The summed E-state index contributed by atoms with van der Waals surface area (Å²) in [5.41, 5.74) is 3.97. The van der Waals surface area contributed by atoms with Crippen LogP contribution in [0.4, 0.5) is 0 Å². The Kier molecular flexibility index (Phi) is 2.49. The molecule has 1 aliphatic rings. The Labute approximate surface area is 98.2 Å². The number of amides is 1. The highest BCUT2D eigenvalue weighted by molar-refractivity contribution is 5.99. The van der Waals surface area contributed by atoms with Gasteiger partial charge in [0.1, 0.15) is 5.56 Å². The number of aromatic nitrogens is 3. The van der Waals surface area contributed by atoms with E-state index in [4.69, 9.17) is 0 Å². The van der Waals surface area contributed by atoms with Crippen LogP contribution in [0.1, 0.15) is 23.2 Å². The van der Waals surface area contributed by atoms with Gasteiger partial charge < -0.3 is 0 Å². The molecule has 0 aliphatic carbocycles. The molecular formula is C11H13N5O. The van der Waals surface area contributed by atoms with Gasteiger partial charge in [0.25, 0.3) is 5.91 Å². The van der Waals surface area contributed by atoms with Crippen LogP contribution in [0.25, 0.3) is 5.65 Å². The van der Waals surface area contributed by atoms with Gasteiger partial charge in [-0.05, 0) is 18.9 Å². The lowest BCUT2D eigenvalue weighted by Crippen LogP contribution is -2.39. The maximum atomic E-state index is 12.0. The summed E-state index contributed by atoms with van der Waals surface area (Å²) in [6, 6.07) is 1.78. The molecule has 1 aliphatic heterocycles. The van der Waals surface area contributed by atoms with Crippen molar-refractivity contribution in [3.8, 4) is 0 Å². The highest BCUT2D eigenvalue weighted by Crippen LogP contribution is 2.09. The maximum Gasteiger partial charge on any atom is 0.271 e. The van der Waals surface area contributed by atoms with Crippen molar-refractivity contribution >= 4 is 11.6 Å². The van der Waals surface area contributed by atoms with Gasteiger partial charge in [-0.25, -0.2) is 14.5 Å². The summed E-state index contributed by atoms with van der Waals surface area (Å²) in [4.78, 5) is 16.2. The molecule has 1 fully saturated rings. The van der Waals surface area contributed by atoms with Crippen LogP contribution < -0.4 is 5.43 Å². The van der Waals surface area contributed by atoms with Crippen LogP contribution in [0.2, 0.25) is 0 Å². The van der Waals surface area contributed by atoms with Gasteiger partial charge in [0.15, 0.2) is 5.65 Å². The molecule has 0 atom stereocenters. The van der Waals surface area contributed by atoms with E-state index in [0.717, 1.165) is 25.9 Å². The quantitative estimate of drug-likeness (QED) is 0.816. The normalized spacial score (nSPS) is 16.5. The van der Waals surface area contributed by atoms with Gasteiger partial charge in [-0.1, -0.05) is 0 Å². The monoisotopic (exact) mass is 231 g/mol. The zero-order valence-electron chi connectivity index (χ0n) is 9.33. The van der Waals surface area contributed by atoms with Crippen LogP contribution in [0.3, 0.4) is 0 Å². The molecule has 2 aromatic rings. The number of fused-ring (bicyclic) bond motifs is 1. The molecule has 1 saturated heterocycles. The summed E-state index contributed by atoms with van der Waals surface area (Å²) < 4.78 is 1.60. The summed E-state index contributed by atoms with van der Waals surface area (Å²) in [5, 5.41) is 6.03. The minimum atomic E-state index is -0.138. The molecule has 0 aromatic carbocycles. The zero-order valence-corrected chi connectivity index (χ0v) is 9.33. The van der Waals surface area contributed by atoms with Gasteiger partial charge in [-0.15, -0.1) is 0 Å². The fourth-order valence-corrected chi connectivity index (χ4v) is 2.02. The van der Waals surface area contributed by atoms with Crippen molar-refractivity contribution in [2.75, 3.05) is 13.1 Å². The predicted molar refractivity (Wildman–Crippen MR) is 61.3 cm³/mol. The molecule has 0 radical (unpaired) electrons. The summed E-state index contributed by atoms with van der Waals surface area (Å²) in [6.07, 6.45) is 7.24. The number of nitrogens with one attached hydrogen (secondary N) is 1. The summed E-state index contributed by atoms with van der Waals surface area (Å²) in [5.74, 6) is -0.138. The SMILES string of the molecule is O=C(NN1CCCC1)c1cnn2cccnc12. The Bertz CT molecular complexity index is 544. The van der Waals surface area contributed by atoms with Gasteiger partial charge in [0.2, 0.25) is 0 Å². The van der Waals surface area contributed by atoms with Crippen molar-refractivity contribution < 1.29 is 4.79 Å². The Morgan fingerprint density at radius 3 is 3.00 bits per heavy atom. The topological polar surface area (TPSA) is 62.5 Å². The second-order valence-electron chi connectivity index (χ2n) is 4.08. The summed E-state index contributed by atoms with van der Waals surface area (Å²) >= 11 is 0. The molecule has 1 N–H and O–H groups in total. The Morgan fingerprint density at radius 2 is 2.18 bits per heavy atom. The van der Waals surface area contributed by atoms with Gasteiger partial charge in [-0.2, -0.15) is 5.10 Å². The molecule has 88 valence electrons. The Morgan fingerprint density at radius 1 is 1.35 bits per heavy atom. The van der Waals surface area contributed by atoms with E-state index in [1.165, 1.54) is 0 Å². The Balaban J connectivity index is 1.85. The molecule has 0 saturated carbocycles. The van der Waals surface area contributed by atoms with E-state index < -0.39 is 0 Å². The molecule has 3 rings (SSSR count). The first-order valence-corrected chi connectivity index (χ1v) is 5.69. The highest BCUT2D eigenvalue weighted by atomic mass is 16.2. The largest absolute Gasteiger partial charge is 0.285 e. The highest BCUT2D eigenvalue weighted by Gasteiger charge is 2.18. The van der Waals surface area contributed by atoms with Gasteiger partial charge in [-0.3, -0.25) is 10.2 Å². The first kappa shape index (κ1) is 10.2. The Hall–Kier alpha value is -1.95. The molecule has 6 nitrogen and oxygen atoms in total. The third-order valence-electron chi connectivity index (χ3n) is 2.89. The first-order chi connectivity index (χ1) is 8.34. The number of hydrogen-bond acceptors (Lipinski definition) is 4. The van der Waals surface area contributed by atoms with Crippen LogP contribution in [0.15, 0.2) is 24.7 Å². The molecular weight excluding hydrogens is 218 g/mol. The fourth-order valence-electron chi connectivity index (χ4n) is 2.02. The first-order valence-electron chi connectivity index (χ1n) is 5.69. The van der Waals surface area contributed by atoms with E-state index in [1.807, 2.05) is 5.01 Å². The number of carbonyl (C=O) groups excluding carboxylic acids is 1. The number of carbonyl (C=O) groups is 1. The van der Waals surface area contributed by atoms with E-state index in [0.29, 0.717) is 11.2 Å². The van der Waals surface area contributed by atoms with Crippen molar-refractivity contribution in [3.63, 3.8) is 0 Å². The van der Waals surface area contributed by atoms with Crippen LogP contribution in [-0.2, 0) is 0 Å². The second kappa shape index (κ2) is 4.14. The van der Waals surface area contributed by atoms with Gasteiger partial charge in [0, 0.05) is 25.5 Å². The van der Waals surface area contributed by atoms with Crippen LogP contribution in [0, 0.1) is 0 Å². The zero-order chi connectivity index (χ0) is 11.7. The van der Waals surface area contributed by atoms with Gasteiger partial charge >= 0.3 is 0 Å². The summed E-state index contributed by atoms with van der Waals surface area (Å²) in [6.45, 7) is 1.83. The van der Waals surface area contributed by atoms with E-state index in [2.05, 4.69) is 15.5 Å². The molecule has 3 heterocycles. The van der Waals surface area contributed by atoms with E-state index in [9.17, 15) is 4.79 Å². The average molecular weight is 231 g/mol. The molecule has 6 heteroatoms. The molecule has 0 unspecified atom stereocenters. The van der Waals surface area contributed by atoms with Crippen LogP contribution in [0.5, 0.6) is 0 Å². The minimum Gasteiger partial charge on any atom is -0.285 e. The molecule has 2 aromatic heterocycles. The number of hydrogen-bond donors (Lipinski definition) is 1. The molecule has 17 heavy (non-hydrogen) atoms. The molecule has 1 amide bonds. The lowest BCUT2D eigenvalue weighted by Gasteiger charge is -2.15. The van der Waals surface area contributed by atoms with Crippen LogP contribution in [-0.4, -0.2) is 38.6 Å². The van der Waals surface area contributed by atoms with Crippen molar-refractivity contribution in [3.05, 3.63) is 30.2 Å². The standard InChI is InChI=1S/C11H13N5O/c17-11(14-15-5-1-2-6-15)9-8-13-16-7-3-4-12-10(9)16/h3-4,7-8H,1-2,5-6H2,(H,14,17). The minimum absolute atomic E-state index is 0.138. The number of nitrogens with zero attached hydrogens (tertiary/aromatic N) is 4. The smallest absolute Gasteiger partial charge is 0.271 e. The van der Waals surface area contributed by atoms with Crippen molar-refractivity contribution in [2.24, 2.45) is 0 Å². The van der Waals surface area contributed by atoms with Crippen molar-refractivity contribution in [1.82, 2.24) is 25.0 Å². The summed E-state index contributed by atoms with van der Waals surface area (Å²) in [7, 11) is 0. The van der Waals surface area contributed by atoms with Crippen molar-refractivity contribution in [1.29, 1.82) is 0 Å². The van der Waals surface area contributed by atoms with Crippen molar-refractivity contribution in [2.45, 2.75) is 12.8 Å². The third kappa shape index (κ3) is 1.87. The van der Waals surface area contributed by atoms with E-state index in [1.54, 1.807) is 29.2 Å². The number of rotatable bonds is 2. The molecule has 0 bridgehead atoms. The molecule has 0 spiro atoms. The third-order valence-corrected chi connectivity index (χ3v) is 2.89. The predicted octanol–water partition coefficient (Wildman–Crippen LogP) is 0.470. The average Bonchev–Trinajstić information content (AvgIpc) is 2.96. The van der Waals surface area contributed by atoms with Crippen LogP contribution >= 0.6 is 0 Å². The lowest BCUT2D eigenvalue weighted by atomic mass is 10.3. The van der Waals surface area contributed by atoms with E-state index in [-0.39, 0.29) is 5.91 Å². The maximum absolute atomic E-state index is 12.0. The number of hydrazine groups is 1. The second-order valence-corrected chi connectivity index (χ2v) is 4.08. The fraction of sp³-hybridized carbons (Fsp3) is 0.364. The lowest BCUT2D eigenvalue weighted by molar-refractivity contribution is 0.0827. The van der Waals surface area contributed by atoms with Gasteiger partial charge in [0.05, 0.1) is 6.20 Å². The van der Waals surface area contributed by atoms with E-state index >= 15 is 0 Å².